The van der Waals surface area contributed by atoms with Gasteiger partial charge in [0.25, 0.3) is 0 Å². The molecule has 3 aromatic rings. The standard InChI is InChI=1S/C20H16BrFN2O2S/c1-20(18(25)26)10-24(11-20)19-23-16(17(21)27-19)14-4-2-12(3-5-14)13-6-8-15(22)9-7-13/h2-9H,10-11H2,1H3,(H,25,26). The number of carbonyl (C=O) groups is 1. The van der Waals surface area contributed by atoms with Crippen molar-refractivity contribution in [1.82, 2.24) is 4.98 Å². The van der Waals surface area contributed by atoms with Crippen LogP contribution in [0.2, 0.25) is 0 Å². The molecule has 0 bridgehead atoms. The van der Waals surface area contributed by atoms with Crippen molar-refractivity contribution in [2.75, 3.05) is 18.0 Å². The zero-order chi connectivity index (χ0) is 19.2. The Morgan fingerprint density at radius 1 is 1.11 bits per heavy atom. The van der Waals surface area contributed by atoms with Crippen molar-refractivity contribution >= 4 is 38.4 Å². The van der Waals surface area contributed by atoms with E-state index in [1.54, 1.807) is 19.1 Å². The van der Waals surface area contributed by atoms with Crippen LogP contribution in [0.3, 0.4) is 0 Å². The summed E-state index contributed by atoms with van der Waals surface area (Å²) in [5.74, 6) is -1.02. The summed E-state index contributed by atoms with van der Waals surface area (Å²) in [5, 5.41) is 10.1. The number of hydrogen-bond acceptors (Lipinski definition) is 4. The van der Waals surface area contributed by atoms with Gasteiger partial charge >= 0.3 is 5.97 Å². The topological polar surface area (TPSA) is 53.4 Å². The first-order chi connectivity index (χ1) is 12.9. The monoisotopic (exact) mass is 446 g/mol. The summed E-state index contributed by atoms with van der Waals surface area (Å²) in [5.41, 5.74) is 3.07. The molecule has 0 atom stereocenters. The summed E-state index contributed by atoms with van der Waals surface area (Å²) in [7, 11) is 0. The third kappa shape index (κ3) is 3.37. The van der Waals surface area contributed by atoms with Gasteiger partial charge in [0, 0.05) is 18.7 Å². The van der Waals surface area contributed by atoms with Gasteiger partial charge in [-0.05, 0) is 46.1 Å². The van der Waals surface area contributed by atoms with E-state index in [1.807, 2.05) is 29.2 Å². The molecular formula is C20H16BrFN2O2S. The fraction of sp³-hybridized carbons (Fsp3) is 0.200. The molecule has 138 valence electrons. The SMILES string of the molecule is CC1(C(=O)O)CN(c2nc(-c3ccc(-c4ccc(F)cc4)cc3)c(Br)s2)C1. The molecule has 4 nitrogen and oxygen atoms in total. The van der Waals surface area contributed by atoms with Crippen LogP contribution in [-0.2, 0) is 4.79 Å². The third-order valence-corrected chi connectivity index (χ3v) is 6.54. The molecule has 0 amide bonds. The van der Waals surface area contributed by atoms with Crippen LogP contribution in [0.4, 0.5) is 9.52 Å². The highest BCUT2D eigenvalue weighted by Crippen LogP contribution is 2.42. The quantitative estimate of drug-likeness (QED) is 0.591. The molecule has 1 fully saturated rings. The molecule has 1 saturated heterocycles. The molecule has 27 heavy (non-hydrogen) atoms. The average molecular weight is 447 g/mol. The summed E-state index contributed by atoms with van der Waals surface area (Å²) in [6.45, 7) is 2.68. The maximum Gasteiger partial charge on any atom is 0.312 e. The predicted octanol–water partition coefficient (Wildman–Crippen LogP) is 5.29. The van der Waals surface area contributed by atoms with Crippen molar-refractivity contribution in [3.63, 3.8) is 0 Å². The lowest BCUT2D eigenvalue weighted by atomic mass is 9.82. The van der Waals surface area contributed by atoms with Crippen LogP contribution in [0.5, 0.6) is 0 Å². The lowest BCUT2D eigenvalue weighted by Crippen LogP contribution is -2.59. The van der Waals surface area contributed by atoms with Gasteiger partial charge in [0.15, 0.2) is 5.13 Å². The highest BCUT2D eigenvalue weighted by Gasteiger charge is 2.46. The van der Waals surface area contributed by atoms with Crippen molar-refractivity contribution < 1.29 is 14.3 Å². The van der Waals surface area contributed by atoms with Gasteiger partial charge in [0.1, 0.15) is 5.82 Å². The van der Waals surface area contributed by atoms with Crippen molar-refractivity contribution in [1.29, 1.82) is 0 Å². The van der Waals surface area contributed by atoms with E-state index in [0.717, 1.165) is 31.3 Å². The number of aliphatic carboxylic acids is 1. The number of carboxylic acid groups (broad SMARTS) is 1. The smallest absolute Gasteiger partial charge is 0.312 e. The zero-order valence-corrected chi connectivity index (χ0v) is 16.8. The van der Waals surface area contributed by atoms with E-state index in [9.17, 15) is 14.3 Å². The Bertz CT molecular complexity index is 996. The molecule has 7 heteroatoms. The Balaban J connectivity index is 1.55. The predicted molar refractivity (Wildman–Crippen MR) is 109 cm³/mol. The molecule has 1 aliphatic heterocycles. The third-order valence-electron chi connectivity index (χ3n) is 4.78. The van der Waals surface area contributed by atoms with Crippen molar-refractivity contribution in [2.45, 2.75) is 6.92 Å². The lowest BCUT2D eigenvalue weighted by molar-refractivity contribution is -0.149. The number of thiazole rings is 1. The number of rotatable bonds is 4. The Morgan fingerprint density at radius 2 is 1.63 bits per heavy atom. The second-order valence-corrected chi connectivity index (χ2v) is 9.22. The number of anilines is 1. The van der Waals surface area contributed by atoms with Crippen molar-refractivity contribution in [3.05, 3.63) is 58.1 Å². The molecular weight excluding hydrogens is 431 g/mol. The number of carboxylic acids is 1. The van der Waals surface area contributed by atoms with Gasteiger partial charge in [0.2, 0.25) is 0 Å². The average Bonchev–Trinajstić information content (AvgIpc) is 3.01. The van der Waals surface area contributed by atoms with E-state index < -0.39 is 11.4 Å². The number of hydrogen-bond donors (Lipinski definition) is 1. The molecule has 2 heterocycles. The van der Waals surface area contributed by atoms with Crippen LogP contribution in [0.25, 0.3) is 22.4 Å². The fourth-order valence-corrected chi connectivity index (χ4v) is 4.70. The van der Waals surface area contributed by atoms with Crippen LogP contribution in [-0.4, -0.2) is 29.1 Å². The largest absolute Gasteiger partial charge is 0.481 e. The van der Waals surface area contributed by atoms with E-state index in [-0.39, 0.29) is 5.82 Å². The van der Waals surface area contributed by atoms with E-state index >= 15 is 0 Å². The van der Waals surface area contributed by atoms with E-state index in [1.165, 1.54) is 23.5 Å². The Labute approximate surface area is 168 Å². The van der Waals surface area contributed by atoms with Crippen LogP contribution >= 0.6 is 27.3 Å². The fourth-order valence-electron chi connectivity index (χ4n) is 3.13. The van der Waals surface area contributed by atoms with Gasteiger partial charge in [-0.3, -0.25) is 4.79 Å². The van der Waals surface area contributed by atoms with Gasteiger partial charge in [-0.2, -0.15) is 0 Å². The maximum absolute atomic E-state index is 13.1. The second-order valence-electron chi connectivity index (χ2n) is 6.92. The minimum absolute atomic E-state index is 0.251. The number of halogens is 2. The summed E-state index contributed by atoms with van der Waals surface area (Å²) in [6, 6.07) is 14.3. The molecule has 0 radical (unpaired) electrons. The summed E-state index contributed by atoms with van der Waals surface area (Å²) < 4.78 is 14.0. The van der Waals surface area contributed by atoms with Crippen LogP contribution < -0.4 is 4.90 Å². The van der Waals surface area contributed by atoms with Gasteiger partial charge < -0.3 is 10.0 Å². The molecule has 1 aliphatic rings. The second kappa shape index (κ2) is 6.73. The Kier molecular flexibility index (Phi) is 4.52. The van der Waals surface area contributed by atoms with Crippen molar-refractivity contribution in [3.8, 4) is 22.4 Å². The molecule has 0 unspecified atom stereocenters. The number of aromatic nitrogens is 1. The van der Waals surface area contributed by atoms with Gasteiger partial charge in [0.05, 0.1) is 14.9 Å². The van der Waals surface area contributed by atoms with Gasteiger partial charge in [-0.15, -0.1) is 0 Å². The number of nitrogens with zero attached hydrogens (tertiary/aromatic N) is 2. The lowest BCUT2D eigenvalue weighted by Gasteiger charge is -2.44. The van der Waals surface area contributed by atoms with Crippen molar-refractivity contribution in [2.24, 2.45) is 5.41 Å². The van der Waals surface area contributed by atoms with Gasteiger partial charge in [-0.25, -0.2) is 9.37 Å². The Hall–Kier alpha value is -2.25. The zero-order valence-electron chi connectivity index (χ0n) is 14.4. The van der Waals surface area contributed by atoms with E-state index in [2.05, 4.69) is 15.9 Å². The van der Waals surface area contributed by atoms with Crippen LogP contribution in [0.15, 0.2) is 52.3 Å². The normalized spacial score (nSPS) is 15.4. The number of benzene rings is 2. The molecule has 0 aliphatic carbocycles. The molecule has 1 N–H and O–H groups in total. The van der Waals surface area contributed by atoms with Gasteiger partial charge in [-0.1, -0.05) is 47.7 Å². The molecule has 0 spiro atoms. The molecule has 0 saturated carbocycles. The minimum Gasteiger partial charge on any atom is -0.481 e. The molecule has 2 aromatic carbocycles. The highest BCUT2D eigenvalue weighted by atomic mass is 79.9. The van der Waals surface area contributed by atoms with E-state index in [4.69, 9.17) is 4.98 Å². The molecule has 1 aromatic heterocycles. The minimum atomic E-state index is -0.772. The Morgan fingerprint density at radius 3 is 2.19 bits per heavy atom. The summed E-state index contributed by atoms with van der Waals surface area (Å²) >= 11 is 5.08. The highest BCUT2D eigenvalue weighted by molar-refractivity contribution is 9.11. The first-order valence-electron chi connectivity index (χ1n) is 8.37. The first kappa shape index (κ1) is 18.1. The first-order valence-corrected chi connectivity index (χ1v) is 9.98. The maximum atomic E-state index is 13.1. The van der Waals surface area contributed by atoms with Crippen LogP contribution in [0, 0.1) is 11.2 Å². The summed E-state index contributed by atoms with van der Waals surface area (Å²) in [4.78, 5) is 17.9. The van der Waals surface area contributed by atoms with Crippen LogP contribution in [0.1, 0.15) is 6.92 Å². The van der Waals surface area contributed by atoms with E-state index in [0.29, 0.717) is 13.1 Å². The summed E-state index contributed by atoms with van der Waals surface area (Å²) in [6.07, 6.45) is 0. The molecule has 4 rings (SSSR count).